The van der Waals surface area contributed by atoms with E-state index in [9.17, 15) is 9.59 Å². The Kier molecular flexibility index (Phi) is 5.16. The molecule has 0 aliphatic carbocycles. The molecule has 0 saturated heterocycles. The molecule has 1 amide bonds. The SMILES string of the molecule is CSCc1nc(C(=O)NCc2ccc(C)cc2)cc(=O)[nH]1. The number of nitrogens with zero attached hydrogens (tertiary/aromatic N) is 1. The Balaban J connectivity index is 2.06. The molecule has 0 aliphatic rings. The molecule has 110 valence electrons. The molecule has 0 aliphatic heterocycles. The number of nitrogens with one attached hydrogen (secondary N) is 2. The van der Waals surface area contributed by atoms with Crippen molar-refractivity contribution in [3.8, 4) is 0 Å². The van der Waals surface area contributed by atoms with E-state index in [4.69, 9.17) is 0 Å². The van der Waals surface area contributed by atoms with E-state index in [1.807, 2.05) is 37.4 Å². The largest absolute Gasteiger partial charge is 0.347 e. The molecule has 5 nitrogen and oxygen atoms in total. The fraction of sp³-hybridized carbons (Fsp3) is 0.267. The van der Waals surface area contributed by atoms with Gasteiger partial charge in [0, 0.05) is 12.6 Å². The van der Waals surface area contributed by atoms with E-state index in [-0.39, 0.29) is 17.2 Å². The van der Waals surface area contributed by atoms with E-state index < -0.39 is 0 Å². The van der Waals surface area contributed by atoms with Crippen LogP contribution in [-0.2, 0) is 12.3 Å². The molecule has 0 radical (unpaired) electrons. The van der Waals surface area contributed by atoms with Gasteiger partial charge in [-0.2, -0.15) is 11.8 Å². The molecule has 0 bridgehead atoms. The molecule has 1 aromatic carbocycles. The Morgan fingerprint density at radius 1 is 1.33 bits per heavy atom. The standard InChI is InChI=1S/C15H17N3O2S/c1-10-3-5-11(6-4-10)8-16-15(20)12-7-14(19)18-13(17-12)9-21-2/h3-7H,8-9H2,1-2H3,(H,16,20)(H,17,18,19). The molecule has 2 rings (SSSR count). The highest BCUT2D eigenvalue weighted by molar-refractivity contribution is 7.97. The predicted molar refractivity (Wildman–Crippen MR) is 84.4 cm³/mol. The Bertz CT molecular complexity index is 680. The minimum atomic E-state index is -0.343. The average Bonchev–Trinajstić information content (AvgIpc) is 2.46. The average molecular weight is 303 g/mol. The third kappa shape index (κ3) is 4.46. The molecular formula is C15H17N3O2S. The van der Waals surface area contributed by atoms with Crippen LogP contribution in [0.5, 0.6) is 0 Å². The number of aromatic amines is 1. The number of carbonyl (C=O) groups excluding carboxylic acids is 1. The minimum Gasteiger partial charge on any atom is -0.347 e. The van der Waals surface area contributed by atoms with Gasteiger partial charge in [0.15, 0.2) is 0 Å². The summed E-state index contributed by atoms with van der Waals surface area (Å²) in [4.78, 5) is 30.4. The Morgan fingerprint density at radius 2 is 2.05 bits per heavy atom. The second-order valence-electron chi connectivity index (χ2n) is 4.68. The van der Waals surface area contributed by atoms with Gasteiger partial charge in [-0.25, -0.2) is 4.98 Å². The van der Waals surface area contributed by atoms with Crippen molar-refractivity contribution < 1.29 is 4.79 Å². The monoisotopic (exact) mass is 303 g/mol. The number of thioether (sulfide) groups is 1. The van der Waals surface area contributed by atoms with E-state index in [1.165, 1.54) is 23.4 Å². The second-order valence-corrected chi connectivity index (χ2v) is 5.54. The van der Waals surface area contributed by atoms with E-state index in [1.54, 1.807) is 0 Å². The molecular weight excluding hydrogens is 286 g/mol. The number of carbonyl (C=O) groups is 1. The summed E-state index contributed by atoms with van der Waals surface area (Å²) in [5, 5.41) is 2.77. The zero-order valence-electron chi connectivity index (χ0n) is 12.0. The van der Waals surface area contributed by atoms with Gasteiger partial charge in [-0.05, 0) is 18.7 Å². The fourth-order valence-electron chi connectivity index (χ4n) is 1.81. The number of benzene rings is 1. The van der Waals surface area contributed by atoms with Crippen molar-refractivity contribution in [2.75, 3.05) is 6.26 Å². The highest BCUT2D eigenvalue weighted by Crippen LogP contribution is 2.04. The lowest BCUT2D eigenvalue weighted by molar-refractivity contribution is 0.0945. The van der Waals surface area contributed by atoms with Gasteiger partial charge >= 0.3 is 0 Å². The second kappa shape index (κ2) is 7.08. The molecule has 0 spiro atoms. The normalized spacial score (nSPS) is 10.4. The van der Waals surface area contributed by atoms with Crippen LogP contribution in [0.2, 0.25) is 0 Å². The molecule has 0 fully saturated rings. The molecule has 2 aromatic rings. The van der Waals surface area contributed by atoms with Crippen molar-refractivity contribution in [2.45, 2.75) is 19.2 Å². The molecule has 1 heterocycles. The molecule has 6 heteroatoms. The first-order valence-electron chi connectivity index (χ1n) is 6.51. The first kappa shape index (κ1) is 15.3. The number of rotatable bonds is 5. The van der Waals surface area contributed by atoms with Crippen LogP contribution in [0.1, 0.15) is 27.4 Å². The van der Waals surface area contributed by atoms with Crippen molar-refractivity contribution in [1.82, 2.24) is 15.3 Å². The lowest BCUT2D eigenvalue weighted by Crippen LogP contribution is -2.26. The Morgan fingerprint density at radius 3 is 2.71 bits per heavy atom. The number of hydrogen-bond acceptors (Lipinski definition) is 4. The van der Waals surface area contributed by atoms with Crippen LogP contribution in [-0.4, -0.2) is 22.1 Å². The van der Waals surface area contributed by atoms with Crippen molar-refractivity contribution in [2.24, 2.45) is 0 Å². The van der Waals surface area contributed by atoms with Gasteiger partial charge in [0.05, 0.1) is 5.75 Å². The van der Waals surface area contributed by atoms with Crippen molar-refractivity contribution in [1.29, 1.82) is 0 Å². The number of amides is 1. The highest BCUT2D eigenvalue weighted by atomic mass is 32.2. The van der Waals surface area contributed by atoms with Gasteiger partial charge < -0.3 is 10.3 Å². The van der Waals surface area contributed by atoms with Crippen LogP contribution in [0.4, 0.5) is 0 Å². The van der Waals surface area contributed by atoms with E-state index >= 15 is 0 Å². The lowest BCUT2D eigenvalue weighted by atomic mass is 10.1. The van der Waals surface area contributed by atoms with Crippen molar-refractivity contribution >= 4 is 17.7 Å². The quantitative estimate of drug-likeness (QED) is 0.884. The summed E-state index contributed by atoms with van der Waals surface area (Å²) >= 11 is 1.53. The summed E-state index contributed by atoms with van der Waals surface area (Å²) in [6, 6.07) is 9.11. The van der Waals surface area contributed by atoms with Gasteiger partial charge in [-0.3, -0.25) is 9.59 Å². The molecule has 0 saturated carbocycles. The topological polar surface area (TPSA) is 74.8 Å². The maximum atomic E-state index is 12.1. The Labute approximate surface area is 127 Å². The third-order valence-electron chi connectivity index (χ3n) is 2.88. The molecule has 0 atom stereocenters. The number of aromatic nitrogens is 2. The van der Waals surface area contributed by atoms with E-state index in [2.05, 4.69) is 15.3 Å². The third-order valence-corrected chi connectivity index (χ3v) is 3.44. The van der Waals surface area contributed by atoms with Gasteiger partial charge in [0.1, 0.15) is 11.5 Å². The number of aryl methyl sites for hydroxylation is 1. The van der Waals surface area contributed by atoms with Crippen LogP contribution in [0.25, 0.3) is 0 Å². The molecule has 0 unspecified atom stereocenters. The minimum absolute atomic E-state index is 0.148. The fourth-order valence-corrected chi connectivity index (χ4v) is 2.22. The lowest BCUT2D eigenvalue weighted by Gasteiger charge is -2.06. The van der Waals surface area contributed by atoms with E-state index in [0.717, 1.165) is 5.56 Å². The summed E-state index contributed by atoms with van der Waals surface area (Å²) in [6.45, 7) is 2.42. The predicted octanol–water partition coefficient (Wildman–Crippen LogP) is 1.87. The molecule has 1 aromatic heterocycles. The van der Waals surface area contributed by atoms with Crippen LogP contribution >= 0.6 is 11.8 Å². The summed E-state index contributed by atoms with van der Waals surface area (Å²) in [5.74, 6) is 0.730. The first-order chi connectivity index (χ1) is 10.1. The molecule has 2 N–H and O–H groups in total. The molecule has 21 heavy (non-hydrogen) atoms. The van der Waals surface area contributed by atoms with Crippen molar-refractivity contribution in [3.63, 3.8) is 0 Å². The maximum Gasteiger partial charge on any atom is 0.270 e. The van der Waals surface area contributed by atoms with E-state index in [0.29, 0.717) is 18.1 Å². The summed E-state index contributed by atoms with van der Waals surface area (Å²) in [7, 11) is 0. The number of hydrogen-bond donors (Lipinski definition) is 2. The summed E-state index contributed by atoms with van der Waals surface area (Å²) < 4.78 is 0. The Hall–Kier alpha value is -2.08. The smallest absolute Gasteiger partial charge is 0.270 e. The van der Waals surface area contributed by atoms with Crippen molar-refractivity contribution in [3.05, 3.63) is 63.3 Å². The van der Waals surface area contributed by atoms with Gasteiger partial charge in [-0.15, -0.1) is 0 Å². The van der Waals surface area contributed by atoms with Gasteiger partial charge in [-0.1, -0.05) is 29.8 Å². The van der Waals surface area contributed by atoms with Gasteiger partial charge in [0.25, 0.3) is 11.5 Å². The van der Waals surface area contributed by atoms with Crippen LogP contribution in [0, 0.1) is 6.92 Å². The zero-order valence-corrected chi connectivity index (χ0v) is 12.8. The van der Waals surface area contributed by atoms with Crippen LogP contribution in [0.3, 0.4) is 0 Å². The van der Waals surface area contributed by atoms with Crippen LogP contribution < -0.4 is 10.9 Å². The maximum absolute atomic E-state index is 12.1. The summed E-state index contributed by atoms with van der Waals surface area (Å²) in [5.41, 5.74) is 2.01. The first-order valence-corrected chi connectivity index (χ1v) is 7.91. The van der Waals surface area contributed by atoms with Crippen LogP contribution in [0.15, 0.2) is 35.1 Å². The zero-order chi connectivity index (χ0) is 15.2. The highest BCUT2D eigenvalue weighted by Gasteiger charge is 2.09. The number of H-pyrrole nitrogens is 1. The summed E-state index contributed by atoms with van der Waals surface area (Å²) in [6.07, 6.45) is 1.91. The van der Waals surface area contributed by atoms with Gasteiger partial charge in [0.2, 0.25) is 0 Å².